The summed E-state index contributed by atoms with van der Waals surface area (Å²) in [6.45, 7) is 6.30. The van der Waals surface area contributed by atoms with Crippen molar-refractivity contribution in [3.05, 3.63) is 95.4 Å². The van der Waals surface area contributed by atoms with Crippen molar-refractivity contribution in [2.45, 2.75) is 70.7 Å². The third kappa shape index (κ3) is 9.72. The quantitative estimate of drug-likeness (QED) is 0.111. The van der Waals surface area contributed by atoms with Crippen molar-refractivity contribution in [2.75, 3.05) is 37.4 Å². The highest BCUT2D eigenvalue weighted by Crippen LogP contribution is 2.66. The molecule has 1 aromatic heterocycles. The number of benzene rings is 3. The van der Waals surface area contributed by atoms with Gasteiger partial charge in [0.25, 0.3) is 5.91 Å². The van der Waals surface area contributed by atoms with Crippen LogP contribution in [0, 0.1) is 5.41 Å². The zero-order chi connectivity index (χ0) is 42.7. The molecular weight excluding hydrogens is 822 g/mol. The summed E-state index contributed by atoms with van der Waals surface area (Å²) in [6, 6.07) is 19.2. The lowest BCUT2D eigenvalue weighted by Crippen LogP contribution is -2.61. The molecule has 12 nitrogen and oxygen atoms in total. The summed E-state index contributed by atoms with van der Waals surface area (Å²) in [5.41, 5.74) is -4.86. The average Bonchev–Trinajstić information content (AvgIpc) is 3.83. The molecule has 4 aromatic rings. The molecule has 2 aliphatic heterocycles. The van der Waals surface area contributed by atoms with Gasteiger partial charge in [0.15, 0.2) is 5.12 Å². The van der Waals surface area contributed by atoms with E-state index >= 15 is 8.78 Å². The van der Waals surface area contributed by atoms with E-state index in [4.69, 9.17) is 9.05 Å². The molecule has 0 spiro atoms. The van der Waals surface area contributed by atoms with Gasteiger partial charge in [-0.25, -0.2) is 4.57 Å². The topological polar surface area (TPSA) is 143 Å². The number of anilines is 1. The van der Waals surface area contributed by atoms with Crippen molar-refractivity contribution in [1.29, 1.82) is 0 Å². The van der Waals surface area contributed by atoms with Crippen LogP contribution in [0.15, 0.2) is 84.9 Å². The number of carbonyl (C=O) groups excluding carboxylic acids is 5. The Bertz CT molecular complexity index is 2250. The fourth-order valence-corrected chi connectivity index (χ4v) is 10.4. The number of likely N-dealkylation sites (N-methyl/N-ethyl adjacent to an activating group) is 1. The molecule has 3 aromatic carbocycles. The maximum Gasteiger partial charge on any atom is 0.453 e. The molecule has 3 heterocycles. The smallest absolute Gasteiger partial charge is 0.420 e. The van der Waals surface area contributed by atoms with Crippen LogP contribution in [0.2, 0.25) is 0 Å². The lowest BCUT2D eigenvalue weighted by atomic mass is 10.00. The summed E-state index contributed by atoms with van der Waals surface area (Å²) in [4.78, 5) is 71.8. The normalized spacial score (nSPS) is 19.6. The number of alkyl halides is 2. The average molecular weight is 869 g/mol. The molecule has 6 rings (SSSR count). The van der Waals surface area contributed by atoms with E-state index in [1.54, 1.807) is 50.9 Å². The molecule has 2 aliphatic rings. The number of fused-ring (bicyclic) bond motifs is 2. The SMILES string of the molecule is CC(=O)N1CC[C@H]2CC[C@@H](C(=O)N(C)c3ccccc3)N2C(=O)[C@@H](NC(=O)c2cc3cc(C(F)(F)P(=O)(OCCSC(=O)C(C)(C)C)Oc4ccccc4)ccc3s2)C1. The number of nitrogens with one attached hydrogen (secondary N) is 1. The number of hydrogen-bond donors (Lipinski definition) is 1. The number of para-hydroxylation sites is 2. The minimum absolute atomic E-state index is 0.0376. The second-order valence-corrected chi connectivity index (χ2v) is 19.7. The lowest BCUT2D eigenvalue weighted by Gasteiger charge is -2.39. The zero-order valence-electron chi connectivity index (χ0n) is 33.4. The van der Waals surface area contributed by atoms with E-state index in [0.717, 1.165) is 35.2 Å². The predicted octanol–water partition coefficient (Wildman–Crippen LogP) is 7.92. The summed E-state index contributed by atoms with van der Waals surface area (Å²) in [5.74, 6) is -1.85. The van der Waals surface area contributed by atoms with E-state index in [1.807, 2.05) is 18.2 Å². The van der Waals surface area contributed by atoms with Crippen molar-refractivity contribution >= 4 is 75.2 Å². The van der Waals surface area contributed by atoms with Gasteiger partial charge < -0.3 is 24.5 Å². The molecule has 0 bridgehead atoms. The van der Waals surface area contributed by atoms with Crippen LogP contribution in [0.25, 0.3) is 10.1 Å². The van der Waals surface area contributed by atoms with Crippen LogP contribution in [0.4, 0.5) is 14.5 Å². The zero-order valence-corrected chi connectivity index (χ0v) is 35.9. The van der Waals surface area contributed by atoms with E-state index in [9.17, 15) is 28.5 Å². The van der Waals surface area contributed by atoms with Gasteiger partial charge in [-0.1, -0.05) is 75.0 Å². The molecule has 4 amide bonds. The van der Waals surface area contributed by atoms with Gasteiger partial charge in [0, 0.05) is 60.2 Å². The van der Waals surface area contributed by atoms with Gasteiger partial charge in [-0.05, 0) is 67.1 Å². The maximum absolute atomic E-state index is 16.5. The minimum atomic E-state index is -5.29. The molecule has 4 atom stereocenters. The van der Waals surface area contributed by atoms with Crippen molar-refractivity contribution in [2.24, 2.45) is 5.41 Å². The summed E-state index contributed by atoms with van der Waals surface area (Å²) >= 11 is 1.88. The second-order valence-electron chi connectivity index (χ2n) is 15.5. The molecule has 59 heavy (non-hydrogen) atoms. The fraction of sp³-hybridized carbons (Fsp3) is 0.405. The number of carbonyl (C=O) groups is 5. The fourth-order valence-electron chi connectivity index (χ4n) is 7.04. The Labute approximate surface area is 350 Å². The van der Waals surface area contributed by atoms with Crippen LogP contribution in [0.5, 0.6) is 5.75 Å². The van der Waals surface area contributed by atoms with Crippen LogP contribution < -0.4 is 14.7 Å². The number of nitrogens with zero attached hydrogens (tertiary/aromatic N) is 3. The molecule has 2 fully saturated rings. The summed E-state index contributed by atoms with van der Waals surface area (Å²) in [7, 11) is -3.64. The number of thiophene rings is 1. The van der Waals surface area contributed by atoms with Crippen molar-refractivity contribution < 1.29 is 46.4 Å². The highest BCUT2D eigenvalue weighted by atomic mass is 32.2. The molecular formula is C42H47F2N4O8PS2. The van der Waals surface area contributed by atoms with Crippen LogP contribution in [0.3, 0.4) is 0 Å². The number of thioether (sulfide) groups is 1. The van der Waals surface area contributed by atoms with Gasteiger partial charge in [-0.15, -0.1) is 11.3 Å². The van der Waals surface area contributed by atoms with Crippen LogP contribution in [0.1, 0.15) is 62.2 Å². The minimum Gasteiger partial charge on any atom is -0.420 e. The van der Waals surface area contributed by atoms with E-state index < -0.39 is 54.7 Å². The molecule has 1 N–H and O–H groups in total. The van der Waals surface area contributed by atoms with Gasteiger partial charge in [0.1, 0.15) is 17.8 Å². The highest BCUT2D eigenvalue weighted by molar-refractivity contribution is 8.13. The molecule has 0 aliphatic carbocycles. The van der Waals surface area contributed by atoms with Crippen molar-refractivity contribution in [3.63, 3.8) is 0 Å². The first kappa shape index (κ1) is 43.9. The predicted molar refractivity (Wildman–Crippen MR) is 225 cm³/mol. The van der Waals surface area contributed by atoms with Crippen molar-refractivity contribution in [3.8, 4) is 5.75 Å². The third-order valence-electron chi connectivity index (χ3n) is 10.3. The lowest BCUT2D eigenvalue weighted by molar-refractivity contribution is -0.144. The summed E-state index contributed by atoms with van der Waals surface area (Å²) in [6.07, 6.45) is 1.43. The third-order valence-corrected chi connectivity index (χ3v) is 14.6. The second kappa shape index (κ2) is 17.9. The van der Waals surface area contributed by atoms with Gasteiger partial charge in [-0.2, -0.15) is 8.78 Å². The Balaban J connectivity index is 1.23. The summed E-state index contributed by atoms with van der Waals surface area (Å²) < 4.78 is 58.2. The molecule has 17 heteroatoms. The van der Waals surface area contributed by atoms with Gasteiger partial charge in [0.2, 0.25) is 17.7 Å². The van der Waals surface area contributed by atoms with E-state index in [-0.39, 0.29) is 51.3 Å². The largest absolute Gasteiger partial charge is 0.453 e. The molecule has 1 unspecified atom stereocenters. The molecule has 2 saturated heterocycles. The van der Waals surface area contributed by atoms with Gasteiger partial charge >= 0.3 is 13.3 Å². The number of rotatable bonds is 12. The summed E-state index contributed by atoms with van der Waals surface area (Å²) in [5, 5.41) is 2.83. The first-order valence-electron chi connectivity index (χ1n) is 19.2. The Morgan fingerprint density at radius 2 is 1.64 bits per heavy atom. The number of amides is 4. The Kier molecular flexibility index (Phi) is 13.3. The standard InChI is InChI=1S/C42H47F2N4O8PS2/c1-27(49)47-21-20-31-17-18-34(39(52)46(5)30-12-8-6-9-13-30)48(31)38(51)33(26-47)45-37(50)36-25-28-24-29(16-19-35(28)59-36)42(43,44)57(54,56-32-14-10-7-11-15-32)55-22-23-58-40(53)41(2,3)4/h6-16,19,24-25,31,33-34H,17-18,20-23,26H2,1-5H3,(H,45,50)/t31-,33+,34+,57?/m1/s1. The molecule has 0 radical (unpaired) electrons. The Morgan fingerprint density at radius 1 is 0.966 bits per heavy atom. The number of halogens is 2. The number of hydrogen-bond acceptors (Lipinski definition) is 10. The Morgan fingerprint density at radius 3 is 2.31 bits per heavy atom. The van der Waals surface area contributed by atoms with E-state index in [0.29, 0.717) is 36.2 Å². The van der Waals surface area contributed by atoms with E-state index in [2.05, 4.69) is 5.32 Å². The van der Waals surface area contributed by atoms with Gasteiger partial charge in [-0.3, -0.25) is 28.5 Å². The van der Waals surface area contributed by atoms with Crippen LogP contribution in [-0.4, -0.2) is 89.2 Å². The monoisotopic (exact) mass is 868 g/mol. The maximum atomic E-state index is 16.5. The molecule has 314 valence electrons. The first-order valence-corrected chi connectivity index (χ1v) is 22.5. The molecule has 0 saturated carbocycles. The van der Waals surface area contributed by atoms with Crippen LogP contribution >= 0.6 is 30.7 Å². The van der Waals surface area contributed by atoms with Crippen molar-refractivity contribution in [1.82, 2.24) is 15.1 Å². The van der Waals surface area contributed by atoms with Crippen LogP contribution in [-0.2, 0) is 33.9 Å². The highest BCUT2D eigenvalue weighted by Gasteiger charge is 2.57. The van der Waals surface area contributed by atoms with E-state index in [1.165, 1.54) is 53.1 Å². The Hall–Kier alpha value is -4.63. The first-order chi connectivity index (χ1) is 27.9. The van der Waals surface area contributed by atoms with Gasteiger partial charge in [0.05, 0.1) is 11.5 Å².